The van der Waals surface area contributed by atoms with E-state index in [0.717, 1.165) is 12.1 Å². The minimum Gasteiger partial charge on any atom is -0.398 e. The van der Waals surface area contributed by atoms with Crippen molar-refractivity contribution in [1.82, 2.24) is 0 Å². The fourth-order valence-corrected chi connectivity index (χ4v) is 1.70. The monoisotopic (exact) mass is 282 g/mol. The molecule has 0 aliphatic carbocycles. The Kier molecular flexibility index (Phi) is 3.66. The first-order valence-electron chi connectivity index (χ1n) is 5.29. The van der Waals surface area contributed by atoms with Gasteiger partial charge in [-0.3, -0.25) is 4.79 Å². The minimum atomic E-state index is -0.860. The van der Waals surface area contributed by atoms with Crippen LogP contribution in [0.15, 0.2) is 36.4 Å². The highest BCUT2D eigenvalue weighted by atomic mass is 35.5. The highest BCUT2D eigenvalue weighted by Gasteiger charge is 2.12. The average molecular weight is 283 g/mol. The van der Waals surface area contributed by atoms with Crippen molar-refractivity contribution < 1.29 is 13.6 Å². The van der Waals surface area contributed by atoms with Crippen LogP contribution in [0, 0.1) is 11.6 Å². The molecule has 0 spiro atoms. The zero-order chi connectivity index (χ0) is 14.0. The van der Waals surface area contributed by atoms with Gasteiger partial charge in [-0.1, -0.05) is 11.6 Å². The van der Waals surface area contributed by atoms with Crippen LogP contribution >= 0.6 is 11.6 Å². The zero-order valence-electron chi connectivity index (χ0n) is 9.58. The van der Waals surface area contributed by atoms with E-state index in [1.165, 1.54) is 18.2 Å². The zero-order valence-corrected chi connectivity index (χ0v) is 10.3. The Morgan fingerprint density at radius 2 is 1.89 bits per heavy atom. The Hall–Kier alpha value is -2.14. The van der Waals surface area contributed by atoms with Crippen molar-refractivity contribution in [2.75, 3.05) is 11.1 Å². The van der Waals surface area contributed by atoms with Crippen LogP contribution in [0.2, 0.25) is 5.02 Å². The first kappa shape index (κ1) is 13.3. The summed E-state index contributed by atoms with van der Waals surface area (Å²) in [5, 5.41) is 2.70. The molecule has 0 aliphatic heterocycles. The molecule has 0 saturated carbocycles. The summed E-state index contributed by atoms with van der Waals surface area (Å²) in [7, 11) is 0. The second-order valence-electron chi connectivity index (χ2n) is 3.81. The first-order chi connectivity index (χ1) is 8.97. The summed E-state index contributed by atoms with van der Waals surface area (Å²) in [6.45, 7) is 0. The van der Waals surface area contributed by atoms with E-state index >= 15 is 0 Å². The van der Waals surface area contributed by atoms with Gasteiger partial charge >= 0.3 is 0 Å². The minimum absolute atomic E-state index is 0.124. The van der Waals surface area contributed by atoms with Gasteiger partial charge in [0.1, 0.15) is 11.6 Å². The molecule has 19 heavy (non-hydrogen) atoms. The predicted octanol–water partition coefficient (Wildman–Crippen LogP) is 3.45. The second-order valence-corrected chi connectivity index (χ2v) is 4.25. The number of nitrogens with one attached hydrogen (secondary N) is 1. The molecule has 0 heterocycles. The van der Waals surface area contributed by atoms with Gasteiger partial charge in [-0.2, -0.15) is 0 Å². The summed E-state index contributed by atoms with van der Waals surface area (Å²) >= 11 is 5.71. The molecule has 0 aromatic heterocycles. The van der Waals surface area contributed by atoms with Crippen molar-refractivity contribution in [3.05, 3.63) is 58.6 Å². The summed E-state index contributed by atoms with van der Waals surface area (Å²) in [4.78, 5) is 11.9. The van der Waals surface area contributed by atoms with Crippen molar-refractivity contribution >= 4 is 28.9 Å². The molecule has 0 radical (unpaired) electrons. The van der Waals surface area contributed by atoms with Crippen molar-refractivity contribution in [2.24, 2.45) is 0 Å². The molecule has 2 aromatic carbocycles. The van der Waals surface area contributed by atoms with Gasteiger partial charge in [-0.05, 0) is 30.3 Å². The highest BCUT2D eigenvalue weighted by Crippen LogP contribution is 2.21. The number of halogens is 3. The van der Waals surface area contributed by atoms with E-state index in [4.69, 9.17) is 17.3 Å². The SMILES string of the molecule is Nc1cc(Cl)ccc1C(=O)Nc1ccc(F)cc1F. The lowest BCUT2D eigenvalue weighted by Gasteiger charge is -2.08. The van der Waals surface area contributed by atoms with Crippen LogP contribution in [0.4, 0.5) is 20.2 Å². The lowest BCUT2D eigenvalue weighted by molar-refractivity contribution is 0.102. The molecule has 1 amide bonds. The van der Waals surface area contributed by atoms with Gasteiger partial charge in [-0.25, -0.2) is 8.78 Å². The van der Waals surface area contributed by atoms with Crippen LogP contribution < -0.4 is 11.1 Å². The Labute approximate surface area is 113 Å². The van der Waals surface area contributed by atoms with Gasteiger partial charge in [0, 0.05) is 16.8 Å². The molecule has 98 valence electrons. The smallest absolute Gasteiger partial charge is 0.257 e. The summed E-state index contributed by atoms with van der Waals surface area (Å²) < 4.78 is 26.1. The van der Waals surface area contributed by atoms with E-state index in [9.17, 15) is 13.6 Å². The molecule has 0 saturated heterocycles. The maximum atomic E-state index is 13.4. The second kappa shape index (κ2) is 5.24. The van der Waals surface area contributed by atoms with Crippen LogP contribution in [-0.2, 0) is 0 Å². The quantitative estimate of drug-likeness (QED) is 0.829. The van der Waals surface area contributed by atoms with Crippen molar-refractivity contribution in [1.29, 1.82) is 0 Å². The normalized spacial score (nSPS) is 10.3. The molecule has 0 atom stereocenters. The maximum Gasteiger partial charge on any atom is 0.257 e. The molecule has 6 heteroatoms. The first-order valence-corrected chi connectivity index (χ1v) is 5.66. The number of nitrogens with two attached hydrogens (primary N) is 1. The molecule has 3 nitrogen and oxygen atoms in total. The predicted molar refractivity (Wildman–Crippen MR) is 70.2 cm³/mol. The Balaban J connectivity index is 2.25. The molecule has 2 rings (SSSR count). The standard InChI is InChI=1S/C13H9ClF2N2O/c14-7-1-3-9(11(17)5-7)13(19)18-12-4-2-8(15)6-10(12)16/h1-6H,17H2,(H,18,19). The fraction of sp³-hybridized carbons (Fsp3) is 0. The molecule has 0 aliphatic rings. The third-order valence-corrected chi connectivity index (χ3v) is 2.67. The largest absolute Gasteiger partial charge is 0.398 e. The maximum absolute atomic E-state index is 13.4. The summed E-state index contributed by atoms with van der Waals surface area (Å²) in [6.07, 6.45) is 0. The van der Waals surface area contributed by atoms with E-state index < -0.39 is 17.5 Å². The van der Waals surface area contributed by atoms with Crippen molar-refractivity contribution in [3.8, 4) is 0 Å². The summed E-state index contributed by atoms with van der Waals surface area (Å²) in [5.74, 6) is -2.18. The van der Waals surface area contributed by atoms with Crippen LogP contribution in [0.25, 0.3) is 0 Å². The third-order valence-electron chi connectivity index (χ3n) is 2.44. The molecule has 0 bridgehead atoms. The fourth-order valence-electron chi connectivity index (χ4n) is 1.52. The Morgan fingerprint density at radius 3 is 2.53 bits per heavy atom. The molecular weight excluding hydrogens is 274 g/mol. The van der Waals surface area contributed by atoms with E-state index in [0.29, 0.717) is 11.1 Å². The number of carbonyl (C=O) groups excluding carboxylic acids is 1. The average Bonchev–Trinajstić information content (AvgIpc) is 2.32. The van der Waals surface area contributed by atoms with Gasteiger partial charge in [0.05, 0.1) is 11.3 Å². The van der Waals surface area contributed by atoms with Gasteiger partial charge in [-0.15, -0.1) is 0 Å². The van der Waals surface area contributed by atoms with E-state index in [1.807, 2.05) is 0 Å². The van der Waals surface area contributed by atoms with Gasteiger partial charge in [0.2, 0.25) is 0 Å². The molecule has 3 N–H and O–H groups in total. The number of hydrogen-bond acceptors (Lipinski definition) is 2. The van der Waals surface area contributed by atoms with Crippen LogP contribution in [-0.4, -0.2) is 5.91 Å². The Morgan fingerprint density at radius 1 is 1.16 bits per heavy atom. The Bertz CT molecular complexity index is 647. The number of nitrogen functional groups attached to an aromatic ring is 1. The van der Waals surface area contributed by atoms with Crippen molar-refractivity contribution in [2.45, 2.75) is 0 Å². The van der Waals surface area contributed by atoms with Crippen molar-refractivity contribution in [3.63, 3.8) is 0 Å². The van der Waals surface area contributed by atoms with Gasteiger partial charge in [0.15, 0.2) is 0 Å². The third kappa shape index (κ3) is 3.00. The summed E-state index contributed by atoms with van der Waals surface area (Å²) in [6, 6.07) is 7.19. The number of carbonyl (C=O) groups is 1. The molecule has 0 unspecified atom stereocenters. The topological polar surface area (TPSA) is 55.1 Å². The lowest BCUT2D eigenvalue weighted by Crippen LogP contribution is -2.15. The molecular formula is C13H9ClF2N2O. The number of anilines is 2. The number of rotatable bonds is 2. The van der Waals surface area contributed by atoms with Crippen LogP contribution in [0.5, 0.6) is 0 Å². The summed E-state index contributed by atoms with van der Waals surface area (Å²) in [5.41, 5.74) is 5.85. The van der Waals surface area contributed by atoms with E-state index in [2.05, 4.69) is 5.32 Å². The highest BCUT2D eigenvalue weighted by molar-refractivity contribution is 6.31. The van der Waals surface area contributed by atoms with Gasteiger partial charge < -0.3 is 11.1 Å². The molecule has 0 fully saturated rings. The van der Waals surface area contributed by atoms with Crippen LogP contribution in [0.1, 0.15) is 10.4 Å². The number of benzene rings is 2. The van der Waals surface area contributed by atoms with E-state index in [1.54, 1.807) is 0 Å². The molecule has 2 aromatic rings. The van der Waals surface area contributed by atoms with Crippen LogP contribution in [0.3, 0.4) is 0 Å². The number of amides is 1. The number of hydrogen-bond donors (Lipinski definition) is 2. The van der Waals surface area contributed by atoms with Gasteiger partial charge in [0.25, 0.3) is 5.91 Å². The lowest BCUT2D eigenvalue weighted by atomic mass is 10.1. The van der Waals surface area contributed by atoms with E-state index in [-0.39, 0.29) is 16.9 Å².